The Morgan fingerprint density at radius 1 is 1.06 bits per heavy atom. The molecule has 0 aliphatic rings. The Hall–Kier alpha value is -3.22. The molecule has 2 amide bonds. The van der Waals surface area contributed by atoms with Crippen molar-refractivity contribution in [3.05, 3.63) is 52.8 Å². The Balaban J connectivity index is 1.92. The van der Waals surface area contributed by atoms with Gasteiger partial charge >= 0.3 is 0 Å². The summed E-state index contributed by atoms with van der Waals surface area (Å²) in [5.74, 6) is -0.0551. The zero-order valence-electron chi connectivity index (χ0n) is 20.9. The summed E-state index contributed by atoms with van der Waals surface area (Å²) in [5.41, 5.74) is 4.22. The van der Waals surface area contributed by atoms with E-state index in [4.69, 9.17) is 10.1 Å². The van der Waals surface area contributed by atoms with Gasteiger partial charge in [0.05, 0.1) is 28.6 Å². The van der Waals surface area contributed by atoms with Crippen LogP contribution in [-0.2, 0) is 16.8 Å². The Morgan fingerprint density at radius 2 is 1.70 bits per heavy atom. The lowest BCUT2D eigenvalue weighted by Crippen LogP contribution is -2.31. The minimum Gasteiger partial charge on any atom is -0.354 e. The highest BCUT2D eigenvalue weighted by molar-refractivity contribution is 6.12. The first kappa shape index (κ1) is 24.4. The molecule has 0 radical (unpaired) electrons. The van der Waals surface area contributed by atoms with E-state index < -0.39 is 0 Å². The summed E-state index contributed by atoms with van der Waals surface area (Å²) in [6.45, 7) is 16.1. The van der Waals surface area contributed by atoms with E-state index in [0.717, 1.165) is 28.0 Å². The number of hydrogen-bond donors (Lipinski definition) is 2. The zero-order valence-corrected chi connectivity index (χ0v) is 20.9. The normalized spacial score (nSPS) is 11.9. The van der Waals surface area contributed by atoms with Gasteiger partial charge in [-0.1, -0.05) is 26.0 Å². The summed E-state index contributed by atoms with van der Waals surface area (Å²) < 4.78 is 1.90. The van der Waals surface area contributed by atoms with Crippen LogP contribution >= 0.6 is 0 Å². The fourth-order valence-corrected chi connectivity index (χ4v) is 3.71. The van der Waals surface area contributed by atoms with Gasteiger partial charge in [-0.15, -0.1) is 0 Å². The third-order valence-electron chi connectivity index (χ3n) is 5.33. The predicted octanol–water partition coefficient (Wildman–Crippen LogP) is 4.94. The quantitative estimate of drug-likeness (QED) is 0.558. The third-order valence-corrected chi connectivity index (χ3v) is 5.33. The topological polar surface area (TPSA) is 88.9 Å². The van der Waals surface area contributed by atoms with E-state index in [1.165, 1.54) is 0 Å². The maximum Gasteiger partial charge on any atom is 0.256 e. The third kappa shape index (κ3) is 5.59. The average molecular weight is 450 g/mol. The van der Waals surface area contributed by atoms with Crippen molar-refractivity contribution in [2.24, 2.45) is 0 Å². The van der Waals surface area contributed by atoms with E-state index in [2.05, 4.69) is 45.3 Å². The molecule has 0 saturated heterocycles. The van der Waals surface area contributed by atoms with Crippen molar-refractivity contribution in [2.45, 2.75) is 79.3 Å². The van der Waals surface area contributed by atoms with Gasteiger partial charge in [-0.25, -0.2) is 9.67 Å². The van der Waals surface area contributed by atoms with E-state index in [1.54, 1.807) is 0 Å². The van der Waals surface area contributed by atoms with Gasteiger partial charge in [0.15, 0.2) is 5.65 Å². The lowest BCUT2D eigenvalue weighted by Gasteiger charge is -2.20. The number of benzene rings is 1. The van der Waals surface area contributed by atoms with Crippen LogP contribution in [0.3, 0.4) is 0 Å². The number of anilines is 1. The lowest BCUT2D eigenvalue weighted by molar-refractivity contribution is -0.120. The molecule has 0 atom stereocenters. The van der Waals surface area contributed by atoms with Crippen LogP contribution in [0.15, 0.2) is 30.3 Å². The molecule has 176 valence electrons. The Morgan fingerprint density at radius 3 is 2.24 bits per heavy atom. The van der Waals surface area contributed by atoms with E-state index in [1.807, 2.05) is 55.8 Å². The molecular weight excluding hydrogens is 414 g/mol. The van der Waals surface area contributed by atoms with Gasteiger partial charge in [0, 0.05) is 17.4 Å². The van der Waals surface area contributed by atoms with Crippen LogP contribution in [0.4, 0.5) is 5.69 Å². The number of amides is 2. The Bertz CT molecular complexity index is 1170. The minimum absolute atomic E-state index is 0.0199. The summed E-state index contributed by atoms with van der Waals surface area (Å²) in [4.78, 5) is 30.2. The zero-order chi connectivity index (χ0) is 24.5. The molecule has 2 aromatic heterocycles. The maximum atomic E-state index is 13.4. The molecule has 7 heteroatoms. The molecule has 0 aliphatic carbocycles. The number of aromatic nitrogens is 3. The van der Waals surface area contributed by atoms with Crippen LogP contribution in [0.5, 0.6) is 0 Å². The number of fused-ring (bicyclic) bond motifs is 1. The average Bonchev–Trinajstić information content (AvgIpc) is 3.05. The molecule has 0 aliphatic heterocycles. The predicted molar refractivity (Wildman–Crippen MR) is 133 cm³/mol. The summed E-state index contributed by atoms with van der Waals surface area (Å²) >= 11 is 0. The van der Waals surface area contributed by atoms with Crippen LogP contribution < -0.4 is 10.6 Å². The highest BCUT2D eigenvalue weighted by Gasteiger charge is 2.25. The molecule has 7 nitrogen and oxygen atoms in total. The number of nitrogens with zero attached hydrogens (tertiary/aromatic N) is 3. The summed E-state index contributed by atoms with van der Waals surface area (Å²) in [7, 11) is 0. The molecule has 0 fully saturated rings. The van der Waals surface area contributed by atoms with Gasteiger partial charge < -0.3 is 10.6 Å². The van der Waals surface area contributed by atoms with Gasteiger partial charge in [0.2, 0.25) is 5.91 Å². The first-order valence-corrected chi connectivity index (χ1v) is 11.5. The van der Waals surface area contributed by atoms with Crippen molar-refractivity contribution in [1.82, 2.24) is 20.1 Å². The number of rotatable bonds is 6. The van der Waals surface area contributed by atoms with Crippen LogP contribution in [0.1, 0.15) is 81.7 Å². The van der Waals surface area contributed by atoms with E-state index in [9.17, 15) is 9.59 Å². The maximum absolute atomic E-state index is 13.4. The van der Waals surface area contributed by atoms with Crippen molar-refractivity contribution < 1.29 is 9.59 Å². The van der Waals surface area contributed by atoms with E-state index >= 15 is 0 Å². The van der Waals surface area contributed by atoms with Gasteiger partial charge in [0.1, 0.15) is 0 Å². The molecule has 0 unspecified atom stereocenters. The van der Waals surface area contributed by atoms with Gasteiger partial charge in [-0.05, 0) is 71.2 Å². The summed E-state index contributed by atoms with van der Waals surface area (Å²) in [5, 5.41) is 11.4. The smallest absolute Gasteiger partial charge is 0.256 e. The second-order valence-corrected chi connectivity index (χ2v) is 10.2. The number of carbonyl (C=O) groups is 2. The van der Waals surface area contributed by atoms with Crippen molar-refractivity contribution in [2.75, 3.05) is 5.32 Å². The lowest BCUT2D eigenvalue weighted by atomic mass is 10.0. The molecule has 0 spiro atoms. The standard InChI is InChI=1S/C26H35N5O2/c1-15(2)21-14-20(23-17(5)30-31(24(23)29-21)26(6,7)8)25(33)28-19-11-9-18(10-12-19)13-22(32)27-16(3)4/h9-12,14-16H,13H2,1-8H3,(H,27,32)(H,28,33). The molecule has 3 aromatic rings. The number of aryl methyl sites for hydroxylation is 1. The van der Waals surface area contributed by atoms with Crippen LogP contribution in [-0.4, -0.2) is 32.6 Å². The second-order valence-electron chi connectivity index (χ2n) is 10.2. The summed E-state index contributed by atoms with van der Waals surface area (Å²) in [6.07, 6.45) is 0.306. The Kier molecular flexibility index (Phi) is 6.91. The molecule has 0 bridgehead atoms. The van der Waals surface area contributed by atoms with Gasteiger partial charge in [0.25, 0.3) is 5.91 Å². The second kappa shape index (κ2) is 9.33. The number of nitrogens with one attached hydrogen (secondary N) is 2. The molecular formula is C26H35N5O2. The summed E-state index contributed by atoms with van der Waals surface area (Å²) in [6, 6.07) is 9.34. The number of pyridine rings is 1. The highest BCUT2D eigenvalue weighted by Crippen LogP contribution is 2.29. The van der Waals surface area contributed by atoms with Crippen LogP contribution in [0.2, 0.25) is 0 Å². The molecule has 2 N–H and O–H groups in total. The first-order chi connectivity index (χ1) is 15.4. The van der Waals surface area contributed by atoms with Crippen molar-refractivity contribution >= 4 is 28.5 Å². The Labute approximate surface area is 196 Å². The van der Waals surface area contributed by atoms with Crippen molar-refractivity contribution in [3.8, 4) is 0 Å². The molecule has 2 heterocycles. The van der Waals surface area contributed by atoms with Gasteiger partial charge in [-0.3, -0.25) is 9.59 Å². The fraction of sp³-hybridized carbons (Fsp3) is 0.462. The SMILES string of the molecule is Cc1nn(C(C)(C)C)c2nc(C(C)C)cc(C(=O)Nc3ccc(CC(=O)NC(C)C)cc3)c12. The largest absolute Gasteiger partial charge is 0.354 e. The molecule has 0 saturated carbocycles. The van der Waals surface area contributed by atoms with Crippen LogP contribution in [0, 0.1) is 6.92 Å². The fourth-order valence-electron chi connectivity index (χ4n) is 3.71. The molecule has 3 rings (SSSR count). The first-order valence-electron chi connectivity index (χ1n) is 11.5. The monoisotopic (exact) mass is 449 g/mol. The molecule has 33 heavy (non-hydrogen) atoms. The van der Waals surface area contributed by atoms with Crippen molar-refractivity contribution in [3.63, 3.8) is 0 Å². The van der Waals surface area contributed by atoms with Crippen molar-refractivity contribution in [1.29, 1.82) is 0 Å². The number of carbonyl (C=O) groups excluding carboxylic acids is 2. The minimum atomic E-state index is -0.263. The van der Waals surface area contributed by atoms with E-state index in [0.29, 0.717) is 17.7 Å². The number of hydrogen-bond acceptors (Lipinski definition) is 4. The molecule has 1 aromatic carbocycles. The van der Waals surface area contributed by atoms with E-state index in [-0.39, 0.29) is 29.3 Å². The van der Waals surface area contributed by atoms with Crippen LogP contribution in [0.25, 0.3) is 11.0 Å². The highest BCUT2D eigenvalue weighted by atomic mass is 16.2. The van der Waals surface area contributed by atoms with Gasteiger partial charge in [-0.2, -0.15) is 5.10 Å².